The van der Waals surface area contributed by atoms with Gasteiger partial charge in [-0.25, -0.2) is 0 Å². The smallest absolute Gasteiger partial charge is 0.202 e. The third kappa shape index (κ3) is 2.87. The summed E-state index contributed by atoms with van der Waals surface area (Å²) in [4.78, 5) is 0. The van der Waals surface area contributed by atoms with E-state index < -0.39 is 0 Å². The van der Waals surface area contributed by atoms with Gasteiger partial charge < -0.3 is 19.7 Å². The topological polar surface area (TPSA) is 58.9 Å². The molecule has 0 unspecified atom stereocenters. The number of aliphatic hydroxyl groups excluding tert-OH is 2. The molecular weight excluding hydrogens is 184 g/mol. The number of methoxy groups -OCH3 is 2. The Kier molecular flexibility index (Phi) is 5.60. The van der Waals surface area contributed by atoms with Crippen LogP contribution in [0.3, 0.4) is 0 Å². The van der Waals surface area contributed by atoms with Gasteiger partial charge in [-0.2, -0.15) is 0 Å². The van der Waals surface area contributed by atoms with Gasteiger partial charge in [0.25, 0.3) is 0 Å². The molecule has 0 radical (unpaired) electrons. The first-order valence-electron chi connectivity index (χ1n) is 4.54. The van der Waals surface area contributed by atoms with Crippen LogP contribution in [0.5, 0.6) is 0 Å². The first-order valence-corrected chi connectivity index (χ1v) is 4.54. The molecule has 0 bridgehead atoms. The predicted molar refractivity (Wildman–Crippen MR) is 53.9 cm³/mol. The molecule has 0 rings (SSSR count). The largest absolute Gasteiger partial charge is 0.508 e. The molecule has 0 amide bonds. The second-order valence-electron chi connectivity index (χ2n) is 2.67. The van der Waals surface area contributed by atoms with Crippen LogP contribution in [-0.2, 0) is 9.47 Å². The van der Waals surface area contributed by atoms with Crippen molar-refractivity contribution in [3.05, 3.63) is 23.0 Å². The maximum Gasteiger partial charge on any atom is 0.202 e. The molecule has 0 spiro atoms. The quantitative estimate of drug-likeness (QED) is 0.531. The van der Waals surface area contributed by atoms with Crippen molar-refractivity contribution in [1.29, 1.82) is 0 Å². The van der Waals surface area contributed by atoms with Gasteiger partial charge in [-0.1, -0.05) is 13.8 Å². The Morgan fingerprint density at radius 2 is 1.14 bits per heavy atom. The SMILES string of the molecule is CC/C(O)=C(OC)\C(OC)=C(\O)CC. The molecule has 0 aliphatic rings. The molecule has 0 aromatic heterocycles. The molecule has 0 aromatic rings. The Hall–Kier alpha value is -1.32. The highest BCUT2D eigenvalue weighted by Gasteiger charge is 2.15. The molecule has 0 saturated carbocycles. The van der Waals surface area contributed by atoms with Gasteiger partial charge in [0.15, 0.2) is 0 Å². The summed E-state index contributed by atoms with van der Waals surface area (Å²) < 4.78 is 9.93. The molecule has 0 heterocycles. The number of hydrogen-bond donors (Lipinski definition) is 2. The van der Waals surface area contributed by atoms with Crippen molar-refractivity contribution in [3.63, 3.8) is 0 Å². The minimum atomic E-state index is 0.0596. The summed E-state index contributed by atoms with van der Waals surface area (Å²) in [5, 5.41) is 19.0. The fourth-order valence-electron chi connectivity index (χ4n) is 1.00. The standard InChI is InChI=1S/C10H18O4/c1-5-7(11)9(13-3)10(14-4)8(12)6-2/h11-12H,5-6H2,1-4H3/b9-7-,10-8-. The Labute approximate surface area is 84.5 Å². The highest BCUT2D eigenvalue weighted by atomic mass is 16.5. The van der Waals surface area contributed by atoms with Crippen LogP contribution in [0.4, 0.5) is 0 Å². The molecule has 0 saturated heterocycles. The average Bonchev–Trinajstić information content (AvgIpc) is 2.23. The molecule has 0 fully saturated rings. The zero-order chi connectivity index (χ0) is 11.1. The van der Waals surface area contributed by atoms with Gasteiger partial charge in [0.1, 0.15) is 11.5 Å². The van der Waals surface area contributed by atoms with Crippen molar-refractivity contribution < 1.29 is 19.7 Å². The van der Waals surface area contributed by atoms with E-state index in [0.717, 1.165) is 0 Å². The Morgan fingerprint density at radius 1 is 0.857 bits per heavy atom. The normalized spacial score (nSPS) is 14.3. The molecule has 0 aliphatic carbocycles. The van der Waals surface area contributed by atoms with Gasteiger partial charge in [-0.05, 0) is 0 Å². The second kappa shape index (κ2) is 6.18. The van der Waals surface area contributed by atoms with Crippen molar-refractivity contribution in [3.8, 4) is 0 Å². The maximum absolute atomic E-state index is 9.49. The Balaban J connectivity index is 5.19. The van der Waals surface area contributed by atoms with Crippen molar-refractivity contribution in [1.82, 2.24) is 0 Å². The van der Waals surface area contributed by atoms with Gasteiger partial charge in [-0.3, -0.25) is 0 Å². The van der Waals surface area contributed by atoms with Crippen LogP contribution in [0.1, 0.15) is 26.7 Å². The summed E-state index contributed by atoms with van der Waals surface area (Å²) in [5.41, 5.74) is 0. The molecule has 14 heavy (non-hydrogen) atoms. The summed E-state index contributed by atoms with van der Waals surface area (Å²) >= 11 is 0. The van der Waals surface area contributed by atoms with Crippen molar-refractivity contribution in [2.75, 3.05) is 14.2 Å². The number of rotatable bonds is 5. The molecular formula is C10H18O4. The number of allylic oxidation sites excluding steroid dienone is 2. The summed E-state index contributed by atoms with van der Waals surface area (Å²) in [5.74, 6) is 0.498. The summed E-state index contributed by atoms with van der Waals surface area (Å²) in [7, 11) is 2.84. The lowest BCUT2D eigenvalue weighted by atomic mass is 10.2. The highest BCUT2D eigenvalue weighted by Crippen LogP contribution is 2.20. The fourth-order valence-corrected chi connectivity index (χ4v) is 1.00. The van der Waals surface area contributed by atoms with Gasteiger partial charge in [-0.15, -0.1) is 0 Å². The van der Waals surface area contributed by atoms with Gasteiger partial charge >= 0.3 is 0 Å². The van der Waals surface area contributed by atoms with E-state index in [-0.39, 0.29) is 23.0 Å². The van der Waals surface area contributed by atoms with E-state index in [4.69, 9.17) is 9.47 Å². The molecule has 0 aromatic carbocycles. The average molecular weight is 202 g/mol. The minimum absolute atomic E-state index is 0.0596. The Morgan fingerprint density at radius 3 is 1.29 bits per heavy atom. The van der Waals surface area contributed by atoms with Gasteiger partial charge in [0, 0.05) is 12.8 Å². The highest BCUT2D eigenvalue weighted by molar-refractivity contribution is 5.25. The summed E-state index contributed by atoms with van der Waals surface area (Å²) in [6.45, 7) is 3.56. The van der Waals surface area contributed by atoms with Crippen molar-refractivity contribution in [2.45, 2.75) is 26.7 Å². The number of ether oxygens (including phenoxy) is 2. The third-order valence-electron chi connectivity index (χ3n) is 1.81. The lowest BCUT2D eigenvalue weighted by Crippen LogP contribution is -2.03. The zero-order valence-electron chi connectivity index (χ0n) is 9.13. The Bertz CT molecular complexity index is 215. The summed E-state index contributed by atoms with van der Waals surface area (Å²) in [6.07, 6.45) is 0.847. The van der Waals surface area contributed by atoms with Crippen LogP contribution in [0.2, 0.25) is 0 Å². The van der Waals surface area contributed by atoms with E-state index in [1.165, 1.54) is 14.2 Å². The molecule has 0 atom stereocenters. The van der Waals surface area contributed by atoms with E-state index in [2.05, 4.69) is 0 Å². The lowest BCUT2D eigenvalue weighted by Gasteiger charge is -2.12. The molecule has 4 heteroatoms. The van der Waals surface area contributed by atoms with E-state index in [1.807, 2.05) is 0 Å². The van der Waals surface area contributed by atoms with Crippen LogP contribution < -0.4 is 0 Å². The van der Waals surface area contributed by atoms with Crippen LogP contribution in [-0.4, -0.2) is 24.4 Å². The first kappa shape index (κ1) is 12.7. The molecule has 82 valence electrons. The van der Waals surface area contributed by atoms with Crippen LogP contribution >= 0.6 is 0 Å². The van der Waals surface area contributed by atoms with E-state index in [0.29, 0.717) is 12.8 Å². The van der Waals surface area contributed by atoms with Crippen LogP contribution in [0, 0.1) is 0 Å². The van der Waals surface area contributed by atoms with E-state index in [9.17, 15) is 10.2 Å². The van der Waals surface area contributed by atoms with Crippen molar-refractivity contribution >= 4 is 0 Å². The van der Waals surface area contributed by atoms with E-state index in [1.54, 1.807) is 13.8 Å². The monoisotopic (exact) mass is 202 g/mol. The van der Waals surface area contributed by atoms with Crippen LogP contribution in [0.15, 0.2) is 23.0 Å². The fraction of sp³-hybridized carbons (Fsp3) is 0.600. The number of aliphatic hydroxyl groups is 2. The molecule has 4 nitrogen and oxygen atoms in total. The lowest BCUT2D eigenvalue weighted by molar-refractivity contribution is 0.180. The third-order valence-corrected chi connectivity index (χ3v) is 1.81. The van der Waals surface area contributed by atoms with Gasteiger partial charge in [0.05, 0.1) is 14.2 Å². The van der Waals surface area contributed by atoms with Crippen molar-refractivity contribution in [2.24, 2.45) is 0 Å². The minimum Gasteiger partial charge on any atom is -0.508 e. The van der Waals surface area contributed by atoms with E-state index >= 15 is 0 Å². The zero-order valence-corrected chi connectivity index (χ0v) is 9.13. The molecule has 0 aliphatic heterocycles. The van der Waals surface area contributed by atoms with Crippen LogP contribution in [0.25, 0.3) is 0 Å². The first-order chi connectivity index (χ1) is 6.62. The summed E-state index contributed by atoms with van der Waals surface area (Å²) in [6, 6.07) is 0. The predicted octanol–water partition coefficient (Wildman–Crippen LogP) is 2.64. The van der Waals surface area contributed by atoms with Gasteiger partial charge in [0.2, 0.25) is 11.5 Å². The maximum atomic E-state index is 9.49. The molecule has 2 N–H and O–H groups in total. The number of hydrogen-bond acceptors (Lipinski definition) is 4. The second-order valence-corrected chi connectivity index (χ2v) is 2.67.